The van der Waals surface area contributed by atoms with Gasteiger partial charge in [-0.1, -0.05) is 37.6 Å². The SMILES string of the molecule is CCC(CC)(NC(=O)c1csc(S(N)(=O)=O)c1)c1ccc(Cl)cc1. The van der Waals surface area contributed by atoms with Crippen LogP contribution < -0.4 is 10.5 Å². The number of thiophene rings is 1. The fourth-order valence-electron chi connectivity index (χ4n) is 2.55. The molecule has 0 aliphatic carbocycles. The van der Waals surface area contributed by atoms with Gasteiger partial charge in [0.25, 0.3) is 5.91 Å². The van der Waals surface area contributed by atoms with Crippen LogP contribution in [-0.4, -0.2) is 14.3 Å². The van der Waals surface area contributed by atoms with Gasteiger partial charge in [-0.3, -0.25) is 4.79 Å². The van der Waals surface area contributed by atoms with Crippen LogP contribution in [0, 0.1) is 0 Å². The number of carbonyl (C=O) groups excluding carboxylic acids is 1. The molecule has 0 aliphatic heterocycles. The molecule has 2 rings (SSSR count). The summed E-state index contributed by atoms with van der Waals surface area (Å²) in [4.78, 5) is 12.6. The molecule has 0 fully saturated rings. The highest BCUT2D eigenvalue weighted by molar-refractivity contribution is 7.91. The zero-order valence-corrected chi connectivity index (χ0v) is 15.8. The fraction of sp³-hybridized carbons (Fsp3) is 0.312. The zero-order valence-electron chi connectivity index (χ0n) is 13.4. The summed E-state index contributed by atoms with van der Waals surface area (Å²) in [5.74, 6) is -0.334. The molecule has 0 bridgehead atoms. The Balaban J connectivity index is 2.32. The van der Waals surface area contributed by atoms with E-state index in [9.17, 15) is 13.2 Å². The van der Waals surface area contributed by atoms with Gasteiger partial charge in [0, 0.05) is 10.4 Å². The van der Waals surface area contributed by atoms with E-state index in [4.69, 9.17) is 16.7 Å². The van der Waals surface area contributed by atoms with Gasteiger partial charge in [-0.05, 0) is 36.6 Å². The van der Waals surface area contributed by atoms with E-state index in [1.807, 2.05) is 26.0 Å². The van der Waals surface area contributed by atoms with Crippen LogP contribution in [0.25, 0.3) is 0 Å². The largest absolute Gasteiger partial charge is 0.343 e. The summed E-state index contributed by atoms with van der Waals surface area (Å²) in [5, 5.41) is 10.2. The van der Waals surface area contributed by atoms with E-state index in [1.165, 1.54) is 11.4 Å². The van der Waals surface area contributed by atoms with Crippen molar-refractivity contribution in [3.05, 3.63) is 51.9 Å². The summed E-state index contributed by atoms with van der Waals surface area (Å²) in [6.07, 6.45) is 1.37. The second-order valence-electron chi connectivity index (χ2n) is 5.45. The van der Waals surface area contributed by atoms with E-state index in [0.717, 1.165) is 16.9 Å². The molecule has 0 saturated carbocycles. The maximum Gasteiger partial charge on any atom is 0.252 e. The molecule has 0 saturated heterocycles. The lowest BCUT2D eigenvalue weighted by atomic mass is 9.84. The quantitative estimate of drug-likeness (QED) is 0.796. The molecule has 5 nitrogen and oxygen atoms in total. The highest BCUT2D eigenvalue weighted by atomic mass is 35.5. The Labute approximate surface area is 150 Å². The van der Waals surface area contributed by atoms with Crippen LogP contribution in [0.4, 0.5) is 0 Å². The summed E-state index contributed by atoms with van der Waals surface area (Å²) < 4.78 is 22.7. The molecule has 0 unspecified atom stereocenters. The first-order valence-electron chi connectivity index (χ1n) is 7.41. The lowest BCUT2D eigenvalue weighted by Crippen LogP contribution is -2.45. The molecule has 3 N–H and O–H groups in total. The van der Waals surface area contributed by atoms with E-state index in [1.54, 1.807) is 12.1 Å². The van der Waals surface area contributed by atoms with Crippen molar-refractivity contribution in [2.24, 2.45) is 5.14 Å². The molecule has 2 aromatic rings. The average molecular weight is 387 g/mol. The normalized spacial score (nSPS) is 12.2. The number of nitrogens with one attached hydrogen (secondary N) is 1. The molecule has 1 heterocycles. The van der Waals surface area contributed by atoms with Crippen molar-refractivity contribution in [3.63, 3.8) is 0 Å². The van der Waals surface area contributed by atoms with Crippen molar-refractivity contribution >= 4 is 38.9 Å². The average Bonchev–Trinajstić information content (AvgIpc) is 3.04. The third kappa shape index (κ3) is 3.97. The lowest BCUT2D eigenvalue weighted by molar-refractivity contribution is 0.0890. The Kier molecular flexibility index (Phi) is 5.70. The predicted molar refractivity (Wildman–Crippen MR) is 96.9 cm³/mol. The molecule has 0 radical (unpaired) electrons. The minimum atomic E-state index is -3.80. The molecular weight excluding hydrogens is 368 g/mol. The van der Waals surface area contributed by atoms with Gasteiger partial charge in [0.2, 0.25) is 10.0 Å². The molecule has 0 spiro atoms. The standard InChI is InChI=1S/C16H19ClN2O3S2/c1-3-16(4-2,12-5-7-13(17)8-6-12)19-15(20)11-9-14(23-10-11)24(18,21)22/h5-10H,3-4H2,1-2H3,(H,19,20)(H2,18,21,22). The minimum absolute atomic E-state index is 0.0299. The van der Waals surface area contributed by atoms with Gasteiger partial charge < -0.3 is 5.32 Å². The van der Waals surface area contributed by atoms with Gasteiger partial charge in [0.1, 0.15) is 4.21 Å². The van der Waals surface area contributed by atoms with Crippen LogP contribution in [0.1, 0.15) is 42.6 Å². The maximum atomic E-state index is 12.6. The summed E-state index contributed by atoms with van der Waals surface area (Å²) in [6, 6.07) is 8.64. The van der Waals surface area contributed by atoms with Crippen LogP contribution in [-0.2, 0) is 15.6 Å². The number of nitrogens with two attached hydrogens (primary N) is 1. The van der Waals surface area contributed by atoms with Crippen LogP contribution >= 0.6 is 22.9 Å². The van der Waals surface area contributed by atoms with Gasteiger partial charge in [0.05, 0.1) is 11.1 Å². The zero-order chi connectivity index (χ0) is 18.0. The third-order valence-corrected chi connectivity index (χ3v) is 6.71. The van der Waals surface area contributed by atoms with E-state index in [-0.39, 0.29) is 15.7 Å². The van der Waals surface area contributed by atoms with Crippen LogP contribution in [0.15, 0.2) is 39.9 Å². The number of halogens is 1. The Bertz CT molecular complexity index is 825. The smallest absolute Gasteiger partial charge is 0.252 e. The van der Waals surface area contributed by atoms with E-state index in [0.29, 0.717) is 17.9 Å². The molecule has 0 aliphatic rings. The topological polar surface area (TPSA) is 89.3 Å². The number of sulfonamides is 1. The Hall–Kier alpha value is -1.41. The summed E-state index contributed by atoms with van der Waals surface area (Å²) in [6.45, 7) is 3.98. The number of hydrogen-bond acceptors (Lipinski definition) is 4. The molecule has 0 atom stereocenters. The van der Waals surface area contributed by atoms with E-state index >= 15 is 0 Å². The van der Waals surface area contributed by atoms with Crippen LogP contribution in [0.5, 0.6) is 0 Å². The third-order valence-electron chi connectivity index (χ3n) is 4.07. The lowest BCUT2D eigenvalue weighted by Gasteiger charge is -2.33. The van der Waals surface area contributed by atoms with Crippen molar-refractivity contribution in [1.82, 2.24) is 5.32 Å². The number of rotatable bonds is 6. The summed E-state index contributed by atoms with van der Waals surface area (Å²) in [5.41, 5.74) is 0.683. The van der Waals surface area contributed by atoms with Crippen molar-refractivity contribution in [3.8, 4) is 0 Å². The number of primary sulfonamides is 1. The molecule has 1 aromatic carbocycles. The van der Waals surface area contributed by atoms with Crippen LogP contribution in [0.2, 0.25) is 5.02 Å². The van der Waals surface area contributed by atoms with Gasteiger partial charge in [-0.25, -0.2) is 13.6 Å². The Morgan fingerprint density at radius 3 is 2.29 bits per heavy atom. The Morgan fingerprint density at radius 2 is 1.83 bits per heavy atom. The first kappa shape index (κ1) is 18.9. The van der Waals surface area contributed by atoms with Gasteiger partial charge in [0.15, 0.2) is 0 Å². The van der Waals surface area contributed by atoms with Gasteiger partial charge in [-0.15, -0.1) is 11.3 Å². The van der Waals surface area contributed by atoms with Crippen molar-refractivity contribution in [2.45, 2.75) is 36.4 Å². The second kappa shape index (κ2) is 7.23. The summed E-state index contributed by atoms with van der Waals surface area (Å²) in [7, 11) is -3.80. The molecule has 1 aromatic heterocycles. The number of hydrogen-bond donors (Lipinski definition) is 2. The molecule has 130 valence electrons. The van der Waals surface area contributed by atoms with Gasteiger partial charge >= 0.3 is 0 Å². The molecule has 24 heavy (non-hydrogen) atoms. The number of amides is 1. The predicted octanol–water partition coefficient (Wildman–Crippen LogP) is 3.49. The monoisotopic (exact) mass is 386 g/mol. The van der Waals surface area contributed by atoms with Crippen molar-refractivity contribution in [2.75, 3.05) is 0 Å². The van der Waals surface area contributed by atoms with Crippen molar-refractivity contribution < 1.29 is 13.2 Å². The highest BCUT2D eigenvalue weighted by Crippen LogP contribution is 2.30. The van der Waals surface area contributed by atoms with Gasteiger partial charge in [-0.2, -0.15) is 0 Å². The number of carbonyl (C=O) groups is 1. The van der Waals surface area contributed by atoms with E-state index in [2.05, 4.69) is 5.32 Å². The van der Waals surface area contributed by atoms with E-state index < -0.39 is 15.6 Å². The first-order chi connectivity index (χ1) is 11.2. The second-order valence-corrected chi connectivity index (χ2v) is 8.59. The number of benzene rings is 1. The maximum absolute atomic E-state index is 12.6. The summed E-state index contributed by atoms with van der Waals surface area (Å²) >= 11 is 6.87. The molecular formula is C16H19ClN2O3S2. The Morgan fingerprint density at radius 1 is 1.25 bits per heavy atom. The first-order valence-corrected chi connectivity index (χ1v) is 10.2. The molecule has 1 amide bonds. The fourth-order valence-corrected chi connectivity index (χ4v) is 4.26. The van der Waals surface area contributed by atoms with Crippen LogP contribution in [0.3, 0.4) is 0 Å². The highest BCUT2D eigenvalue weighted by Gasteiger charge is 2.31. The van der Waals surface area contributed by atoms with Crippen molar-refractivity contribution in [1.29, 1.82) is 0 Å². The minimum Gasteiger partial charge on any atom is -0.343 e. The molecule has 8 heteroatoms.